The van der Waals surface area contributed by atoms with Gasteiger partial charge in [-0.15, -0.1) is 0 Å². The summed E-state index contributed by atoms with van der Waals surface area (Å²) in [6, 6.07) is 0. The van der Waals surface area contributed by atoms with Crippen LogP contribution in [0.25, 0.3) is 0 Å². The van der Waals surface area contributed by atoms with E-state index < -0.39 is 0 Å². The first kappa shape index (κ1) is 11.9. The molecular formula is C7H17N3. The third-order valence-corrected chi connectivity index (χ3v) is 0.760. The molecule has 0 aromatic rings. The quantitative estimate of drug-likeness (QED) is 0.425. The van der Waals surface area contributed by atoms with Crippen LogP contribution >= 0.6 is 0 Å². The Morgan fingerprint density at radius 2 is 1.90 bits per heavy atom. The average Bonchev–Trinajstić information content (AvgIpc) is 1.93. The van der Waals surface area contributed by atoms with Crippen molar-refractivity contribution in [2.75, 3.05) is 0 Å². The molecule has 0 radical (unpaired) electrons. The zero-order valence-electron chi connectivity index (χ0n) is 7.18. The molecule has 3 N–H and O–H groups in total. The topological polar surface area (TPSA) is 62.2 Å². The summed E-state index contributed by atoms with van der Waals surface area (Å²) in [6.45, 7) is 7.80. The Labute approximate surface area is 62.9 Å². The summed E-state index contributed by atoms with van der Waals surface area (Å²) >= 11 is 0. The van der Waals surface area contributed by atoms with Gasteiger partial charge in [0.2, 0.25) is 0 Å². The van der Waals surface area contributed by atoms with Gasteiger partial charge in [0, 0.05) is 5.92 Å². The number of hydrogen-bond donors (Lipinski definition) is 2. The monoisotopic (exact) mass is 143 g/mol. The van der Waals surface area contributed by atoms with Gasteiger partial charge in [0.05, 0.1) is 6.34 Å². The van der Waals surface area contributed by atoms with Gasteiger partial charge in [0.1, 0.15) is 5.84 Å². The number of rotatable bonds is 1. The van der Waals surface area contributed by atoms with Crippen molar-refractivity contribution in [3.05, 3.63) is 0 Å². The maximum absolute atomic E-state index is 7.07. The molecular weight excluding hydrogens is 126 g/mol. The van der Waals surface area contributed by atoms with Crippen molar-refractivity contribution in [1.29, 1.82) is 5.41 Å². The predicted molar refractivity (Wildman–Crippen MR) is 46.6 cm³/mol. The molecule has 0 atom stereocenters. The van der Waals surface area contributed by atoms with Gasteiger partial charge in [-0.1, -0.05) is 27.7 Å². The molecule has 0 saturated heterocycles. The van der Waals surface area contributed by atoms with Gasteiger partial charge in [-0.2, -0.15) is 0 Å². The second kappa shape index (κ2) is 8.14. The zero-order chi connectivity index (χ0) is 8.57. The van der Waals surface area contributed by atoms with E-state index in [1.807, 2.05) is 27.7 Å². The van der Waals surface area contributed by atoms with E-state index in [-0.39, 0.29) is 5.92 Å². The Bertz CT molecular complexity index is 105. The summed E-state index contributed by atoms with van der Waals surface area (Å²) in [5.41, 5.74) is 4.93. The smallest absolute Gasteiger partial charge is 0.124 e. The van der Waals surface area contributed by atoms with Gasteiger partial charge in [0.25, 0.3) is 0 Å². The highest BCUT2D eigenvalue weighted by Crippen LogP contribution is 1.93. The molecule has 0 aromatic carbocycles. The Morgan fingerprint density at radius 3 is 2.00 bits per heavy atom. The molecule has 0 aliphatic carbocycles. The lowest BCUT2D eigenvalue weighted by Crippen LogP contribution is -2.04. The van der Waals surface area contributed by atoms with Crippen molar-refractivity contribution in [2.24, 2.45) is 16.6 Å². The lowest BCUT2D eigenvalue weighted by Gasteiger charge is -1.97. The van der Waals surface area contributed by atoms with Crippen LogP contribution in [0.1, 0.15) is 27.7 Å². The van der Waals surface area contributed by atoms with Crippen molar-refractivity contribution >= 4 is 12.2 Å². The Hall–Kier alpha value is -0.860. The molecule has 3 heteroatoms. The van der Waals surface area contributed by atoms with Crippen LogP contribution in [0, 0.1) is 11.3 Å². The summed E-state index contributed by atoms with van der Waals surface area (Å²) in [6.07, 6.45) is 1.14. The summed E-state index contributed by atoms with van der Waals surface area (Å²) in [5.74, 6) is 0.502. The van der Waals surface area contributed by atoms with E-state index in [4.69, 9.17) is 11.1 Å². The second-order valence-corrected chi connectivity index (χ2v) is 1.82. The van der Waals surface area contributed by atoms with E-state index in [1.54, 1.807) is 0 Å². The molecule has 0 unspecified atom stereocenters. The minimum absolute atomic E-state index is 0.176. The SMILES string of the molecule is CC.CC(C)C(=N)N=CN. The highest BCUT2D eigenvalue weighted by molar-refractivity contribution is 5.87. The zero-order valence-corrected chi connectivity index (χ0v) is 7.18. The molecule has 0 aliphatic heterocycles. The van der Waals surface area contributed by atoms with E-state index in [0.29, 0.717) is 5.84 Å². The molecule has 0 heterocycles. The highest BCUT2D eigenvalue weighted by Gasteiger charge is 1.96. The number of nitrogens with two attached hydrogens (primary N) is 1. The highest BCUT2D eigenvalue weighted by atomic mass is 14.9. The first-order chi connectivity index (χ1) is 4.68. The fraction of sp³-hybridized carbons (Fsp3) is 0.714. The fourth-order valence-corrected chi connectivity index (χ4v) is 0.229. The normalized spacial score (nSPS) is 9.30. The van der Waals surface area contributed by atoms with Gasteiger partial charge in [-0.05, 0) is 0 Å². The maximum atomic E-state index is 7.07. The Balaban J connectivity index is 0. The molecule has 0 aliphatic rings. The van der Waals surface area contributed by atoms with Crippen LogP contribution in [-0.2, 0) is 0 Å². The molecule has 0 saturated carbocycles. The predicted octanol–water partition coefficient (Wildman–Crippen LogP) is 1.63. The van der Waals surface area contributed by atoms with Gasteiger partial charge < -0.3 is 5.73 Å². The number of nitrogens with one attached hydrogen (secondary N) is 1. The molecule has 0 spiro atoms. The molecule has 0 aromatic heterocycles. The van der Waals surface area contributed by atoms with E-state index in [2.05, 4.69) is 4.99 Å². The van der Waals surface area contributed by atoms with Crippen LogP contribution < -0.4 is 5.73 Å². The number of nitrogens with zero attached hydrogens (tertiary/aromatic N) is 1. The van der Waals surface area contributed by atoms with Crippen molar-refractivity contribution in [2.45, 2.75) is 27.7 Å². The third-order valence-electron chi connectivity index (χ3n) is 0.760. The Morgan fingerprint density at radius 1 is 1.50 bits per heavy atom. The molecule has 0 fully saturated rings. The van der Waals surface area contributed by atoms with Crippen LogP contribution in [0.4, 0.5) is 0 Å². The summed E-state index contributed by atoms with van der Waals surface area (Å²) in [4.78, 5) is 3.56. The van der Waals surface area contributed by atoms with Crippen LogP contribution in [0.3, 0.4) is 0 Å². The minimum Gasteiger partial charge on any atom is -0.390 e. The number of amidine groups is 1. The van der Waals surface area contributed by atoms with E-state index in [1.165, 1.54) is 0 Å². The standard InChI is InChI=1S/C5H11N3.C2H6/c1-4(2)5(7)8-3-6;1-2/h3-4H,1-2H3,(H3,6,7,8);1-2H3. The van der Waals surface area contributed by atoms with E-state index in [0.717, 1.165) is 6.34 Å². The van der Waals surface area contributed by atoms with Crippen molar-refractivity contribution < 1.29 is 0 Å². The van der Waals surface area contributed by atoms with Crippen molar-refractivity contribution in [3.8, 4) is 0 Å². The lowest BCUT2D eigenvalue weighted by molar-refractivity contribution is 0.865. The molecule has 0 rings (SSSR count). The van der Waals surface area contributed by atoms with E-state index in [9.17, 15) is 0 Å². The maximum Gasteiger partial charge on any atom is 0.124 e. The molecule has 0 amide bonds. The van der Waals surface area contributed by atoms with Gasteiger partial charge in [-0.25, -0.2) is 4.99 Å². The summed E-state index contributed by atoms with van der Waals surface area (Å²) < 4.78 is 0. The molecule has 60 valence electrons. The second-order valence-electron chi connectivity index (χ2n) is 1.82. The van der Waals surface area contributed by atoms with Crippen LogP contribution in [0.15, 0.2) is 4.99 Å². The van der Waals surface area contributed by atoms with Crippen LogP contribution in [0.2, 0.25) is 0 Å². The van der Waals surface area contributed by atoms with Crippen LogP contribution in [-0.4, -0.2) is 12.2 Å². The first-order valence-electron chi connectivity index (χ1n) is 3.51. The minimum atomic E-state index is 0.176. The third kappa shape index (κ3) is 7.14. The Kier molecular flexibility index (Phi) is 9.67. The van der Waals surface area contributed by atoms with Gasteiger partial charge >= 0.3 is 0 Å². The summed E-state index contributed by atoms with van der Waals surface area (Å²) in [5, 5.41) is 7.07. The largest absolute Gasteiger partial charge is 0.390 e. The number of hydrogen-bond acceptors (Lipinski definition) is 1. The van der Waals surface area contributed by atoms with Crippen LogP contribution in [0.5, 0.6) is 0 Å². The number of aliphatic imine (C=N–C) groups is 1. The molecule has 3 nitrogen and oxygen atoms in total. The average molecular weight is 143 g/mol. The first-order valence-corrected chi connectivity index (χ1v) is 3.51. The van der Waals surface area contributed by atoms with Gasteiger partial charge in [0.15, 0.2) is 0 Å². The van der Waals surface area contributed by atoms with Gasteiger partial charge in [-0.3, -0.25) is 5.41 Å². The fourth-order valence-electron chi connectivity index (χ4n) is 0.229. The van der Waals surface area contributed by atoms with Crippen molar-refractivity contribution in [3.63, 3.8) is 0 Å². The summed E-state index contributed by atoms with van der Waals surface area (Å²) in [7, 11) is 0. The van der Waals surface area contributed by atoms with E-state index >= 15 is 0 Å². The molecule has 0 bridgehead atoms. The molecule has 10 heavy (non-hydrogen) atoms. The van der Waals surface area contributed by atoms with Crippen molar-refractivity contribution in [1.82, 2.24) is 0 Å². The lowest BCUT2D eigenvalue weighted by atomic mass is 10.2.